The zero-order valence-electron chi connectivity index (χ0n) is 25.7. The summed E-state index contributed by atoms with van der Waals surface area (Å²) in [7, 11) is 4.28. The molecule has 0 radical (unpaired) electrons. The van der Waals surface area contributed by atoms with Crippen LogP contribution in [0, 0.1) is 60.8 Å². The zero-order chi connectivity index (χ0) is 27.8. The summed E-state index contributed by atoms with van der Waals surface area (Å²) in [5, 5.41) is 0. The normalized spacial score (nSPS) is 17.3. The number of nitrogens with zero attached hydrogens (tertiary/aromatic N) is 2. The Labute approximate surface area is 227 Å². The van der Waals surface area contributed by atoms with Crippen LogP contribution in [0.3, 0.4) is 0 Å². The lowest BCUT2D eigenvalue weighted by Crippen LogP contribution is -2.20. The van der Waals surface area contributed by atoms with Crippen molar-refractivity contribution in [1.82, 2.24) is 0 Å². The second kappa shape index (κ2) is 10.9. The summed E-state index contributed by atoms with van der Waals surface area (Å²) in [6.45, 7) is 24.8. The monoisotopic (exact) mass is 496 g/mol. The third-order valence-electron chi connectivity index (χ3n) is 8.88. The molecule has 0 saturated carbocycles. The Morgan fingerprint density at radius 1 is 0.784 bits per heavy atom. The largest absolute Gasteiger partial charge is 0.351 e. The second-order valence-corrected chi connectivity index (χ2v) is 12.1. The number of hydrogen-bond donors (Lipinski definition) is 0. The molecule has 1 aliphatic carbocycles. The number of allylic oxidation sites excluding steroid dienone is 5. The number of aryl methyl sites for hydroxylation is 2. The first-order valence-corrected chi connectivity index (χ1v) is 13.6. The molecule has 0 amide bonds. The van der Waals surface area contributed by atoms with E-state index in [2.05, 4.69) is 136 Å². The molecule has 0 saturated heterocycles. The van der Waals surface area contributed by atoms with E-state index < -0.39 is 0 Å². The highest BCUT2D eigenvalue weighted by molar-refractivity contribution is 5.72. The van der Waals surface area contributed by atoms with Crippen molar-refractivity contribution in [1.29, 1.82) is 0 Å². The van der Waals surface area contributed by atoms with Gasteiger partial charge in [-0.15, -0.1) is 11.6 Å². The number of hydrogen-bond acceptors (Lipinski definition) is 1. The SMILES string of the molecule is CC1=C(C=CN(C)c2cc(C)c(C)c(C)c2C)CC(C)(C)CC1=C[C-]=[N+](C)c1cc(C)c(C)c(C)c1C. The molecule has 2 aromatic carbocycles. The molecular weight excluding hydrogens is 448 g/mol. The molecule has 2 aromatic rings. The lowest BCUT2D eigenvalue weighted by Gasteiger charge is -2.36. The summed E-state index contributed by atoms with van der Waals surface area (Å²) >= 11 is 0. The fraction of sp³-hybridized carbons (Fsp3) is 0.457. The topological polar surface area (TPSA) is 6.25 Å². The summed E-state index contributed by atoms with van der Waals surface area (Å²) in [4.78, 5) is 2.27. The Morgan fingerprint density at radius 2 is 1.35 bits per heavy atom. The standard InChI is InChI=1S/C35H48N2/c1-22-18-33(28(7)26(5)24(22)3)36(12)16-14-31-20-35(10,11)21-32(30(31)9)15-17-37(13)34-19-23(2)25(4)27(6)29(34)8/h14-16,18-19H,20-21H2,1-13H3. The molecule has 0 aromatic heterocycles. The van der Waals surface area contributed by atoms with Crippen LogP contribution in [0.5, 0.6) is 0 Å². The van der Waals surface area contributed by atoms with E-state index in [1.54, 1.807) is 0 Å². The van der Waals surface area contributed by atoms with Gasteiger partial charge >= 0.3 is 0 Å². The van der Waals surface area contributed by atoms with E-state index in [0.717, 1.165) is 12.8 Å². The Balaban J connectivity index is 1.97. The van der Waals surface area contributed by atoms with E-state index in [1.807, 2.05) is 0 Å². The van der Waals surface area contributed by atoms with Gasteiger partial charge in [0.25, 0.3) is 0 Å². The third-order valence-corrected chi connectivity index (χ3v) is 8.88. The molecule has 0 N–H and O–H groups in total. The van der Waals surface area contributed by atoms with E-state index in [1.165, 1.54) is 72.6 Å². The van der Waals surface area contributed by atoms with Gasteiger partial charge in [0.1, 0.15) is 18.9 Å². The number of benzene rings is 2. The van der Waals surface area contributed by atoms with Crippen molar-refractivity contribution >= 4 is 17.6 Å². The van der Waals surface area contributed by atoms with Crippen LogP contribution in [0.25, 0.3) is 0 Å². The molecule has 0 atom stereocenters. The summed E-state index contributed by atoms with van der Waals surface area (Å²) in [6.07, 6.45) is 12.5. The van der Waals surface area contributed by atoms with Crippen molar-refractivity contribution in [3.8, 4) is 0 Å². The number of rotatable bonds is 5. The van der Waals surface area contributed by atoms with Gasteiger partial charge < -0.3 is 9.48 Å². The van der Waals surface area contributed by atoms with Gasteiger partial charge in [0.2, 0.25) is 0 Å². The molecule has 0 bridgehead atoms. The first-order valence-electron chi connectivity index (χ1n) is 13.6. The summed E-state index contributed by atoms with van der Waals surface area (Å²) in [5.74, 6) is 0. The van der Waals surface area contributed by atoms with Crippen molar-refractivity contribution in [2.75, 3.05) is 19.0 Å². The van der Waals surface area contributed by atoms with Gasteiger partial charge in [-0.25, -0.2) is 0 Å². The molecule has 0 aliphatic heterocycles. The Morgan fingerprint density at radius 3 is 1.97 bits per heavy atom. The first-order chi connectivity index (χ1) is 17.1. The average molecular weight is 497 g/mol. The van der Waals surface area contributed by atoms with Gasteiger partial charge in [0, 0.05) is 18.9 Å². The van der Waals surface area contributed by atoms with Gasteiger partial charge in [0.05, 0.1) is 0 Å². The Bertz CT molecular complexity index is 1340. The fourth-order valence-corrected chi connectivity index (χ4v) is 5.53. The molecule has 3 rings (SSSR count). The molecule has 0 heterocycles. The molecule has 0 fully saturated rings. The molecule has 2 heteroatoms. The molecule has 2 nitrogen and oxygen atoms in total. The van der Waals surface area contributed by atoms with Crippen LogP contribution < -0.4 is 4.90 Å². The maximum Gasteiger partial charge on any atom is 0.115 e. The second-order valence-electron chi connectivity index (χ2n) is 12.1. The zero-order valence-corrected chi connectivity index (χ0v) is 25.7. The molecule has 37 heavy (non-hydrogen) atoms. The van der Waals surface area contributed by atoms with E-state index in [4.69, 9.17) is 0 Å². The highest BCUT2D eigenvalue weighted by Gasteiger charge is 2.25. The van der Waals surface area contributed by atoms with E-state index in [-0.39, 0.29) is 5.41 Å². The molecule has 0 spiro atoms. The van der Waals surface area contributed by atoms with Crippen molar-refractivity contribution < 1.29 is 4.58 Å². The Kier molecular flexibility index (Phi) is 8.42. The molecule has 198 valence electrons. The van der Waals surface area contributed by atoms with Crippen LogP contribution in [0.15, 0.2) is 47.2 Å². The predicted molar refractivity (Wildman–Crippen MR) is 163 cm³/mol. The van der Waals surface area contributed by atoms with Gasteiger partial charge in [0.15, 0.2) is 0 Å². The summed E-state index contributed by atoms with van der Waals surface area (Å²) < 4.78 is 2.16. The minimum Gasteiger partial charge on any atom is -0.351 e. The van der Waals surface area contributed by atoms with Gasteiger partial charge in [-0.1, -0.05) is 49.5 Å². The Hall–Kier alpha value is -2.87. The smallest absolute Gasteiger partial charge is 0.115 e. The van der Waals surface area contributed by atoms with Crippen LogP contribution in [0.4, 0.5) is 11.4 Å². The van der Waals surface area contributed by atoms with Crippen LogP contribution in [0.2, 0.25) is 0 Å². The fourth-order valence-electron chi connectivity index (χ4n) is 5.53. The van der Waals surface area contributed by atoms with Gasteiger partial charge in [-0.2, -0.15) is 0 Å². The lowest BCUT2D eigenvalue weighted by atomic mass is 9.72. The highest BCUT2D eigenvalue weighted by Crippen LogP contribution is 2.42. The van der Waals surface area contributed by atoms with Crippen molar-refractivity contribution in [2.45, 2.75) is 89.0 Å². The van der Waals surface area contributed by atoms with E-state index in [9.17, 15) is 0 Å². The molecule has 0 unspecified atom stereocenters. The number of anilines is 1. The molecule has 1 aliphatic rings. The lowest BCUT2D eigenvalue weighted by molar-refractivity contribution is -0.399. The quantitative estimate of drug-likeness (QED) is 0.227. The van der Waals surface area contributed by atoms with E-state index in [0.29, 0.717) is 0 Å². The van der Waals surface area contributed by atoms with Gasteiger partial charge in [-0.05, 0) is 119 Å². The molecular formula is C35H48N2. The summed E-state index contributed by atoms with van der Waals surface area (Å²) in [5.41, 5.74) is 17.8. The average Bonchev–Trinajstić information content (AvgIpc) is 2.84. The van der Waals surface area contributed by atoms with Crippen LogP contribution in [-0.4, -0.2) is 24.9 Å². The van der Waals surface area contributed by atoms with Crippen molar-refractivity contribution in [3.05, 3.63) is 91.7 Å². The predicted octanol–water partition coefficient (Wildman–Crippen LogP) is 9.09. The highest BCUT2D eigenvalue weighted by atomic mass is 15.1. The minimum atomic E-state index is 0.212. The third kappa shape index (κ3) is 6.00. The van der Waals surface area contributed by atoms with Crippen molar-refractivity contribution in [3.63, 3.8) is 0 Å². The van der Waals surface area contributed by atoms with Crippen LogP contribution in [0.1, 0.15) is 78.1 Å². The van der Waals surface area contributed by atoms with Crippen LogP contribution in [-0.2, 0) is 0 Å². The maximum absolute atomic E-state index is 3.59. The van der Waals surface area contributed by atoms with Crippen LogP contribution >= 0.6 is 0 Å². The minimum absolute atomic E-state index is 0.212. The van der Waals surface area contributed by atoms with Crippen molar-refractivity contribution in [2.24, 2.45) is 5.41 Å². The maximum atomic E-state index is 3.59. The van der Waals surface area contributed by atoms with E-state index >= 15 is 0 Å². The summed E-state index contributed by atoms with van der Waals surface area (Å²) in [6, 6.07) is 4.60. The first kappa shape index (κ1) is 28.7. The van der Waals surface area contributed by atoms with Gasteiger partial charge in [-0.3, -0.25) is 0 Å².